The smallest absolute Gasteiger partial charge is 0.269 e. The molecule has 1 unspecified atom stereocenters. The number of hydrogen-bond acceptors (Lipinski definition) is 3. The Hall–Kier alpha value is -2.36. The average molecular weight is 282 g/mol. The van der Waals surface area contributed by atoms with Crippen molar-refractivity contribution in [1.29, 1.82) is 0 Å². The molecule has 1 aliphatic heterocycles. The number of nitrogens with zero attached hydrogens (tertiary/aromatic N) is 2. The average Bonchev–Trinajstić information content (AvgIpc) is 2.56. The van der Waals surface area contributed by atoms with Crippen molar-refractivity contribution in [2.75, 3.05) is 18.0 Å². The second-order valence-corrected chi connectivity index (χ2v) is 5.47. The summed E-state index contributed by atoms with van der Waals surface area (Å²) < 4.78 is 0. The Bertz CT molecular complexity index is 610. The van der Waals surface area contributed by atoms with E-state index in [0.717, 1.165) is 25.2 Å². The Balaban J connectivity index is 1.75. The third kappa shape index (κ3) is 3.05. The molecule has 4 heteroatoms. The molecule has 3 rings (SSSR count). The maximum atomic E-state index is 10.7. The van der Waals surface area contributed by atoms with E-state index in [1.807, 2.05) is 18.2 Å². The minimum atomic E-state index is -0.354. The summed E-state index contributed by atoms with van der Waals surface area (Å²) in [6, 6.07) is 17.5. The van der Waals surface area contributed by atoms with Gasteiger partial charge in [0.05, 0.1) is 4.92 Å². The van der Waals surface area contributed by atoms with E-state index in [4.69, 9.17) is 0 Å². The summed E-state index contributed by atoms with van der Waals surface area (Å²) in [5, 5.41) is 10.7. The SMILES string of the molecule is O=[N+]([O-])c1ccc(N2CCCC(c3ccccc3)C2)cc1. The van der Waals surface area contributed by atoms with Crippen molar-refractivity contribution in [2.24, 2.45) is 0 Å². The zero-order chi connectivity index (χ0) is 14.7. The van der Waals surface area contributed by atoms with Crippen LogP contribution in [0.3, 0.4) is 0 Å². The second kappa shape index (κ2) is 5.95. The van der Waals surface area contributed by atoms with Gasteiger partial charge in [0.15, 0.2) is 0 Å². The lowest BCUT2D eigenvalue weighted by Gasteiger charge is -2.34. The first-order valence-electron chi connectivity index (χ1n) is 7.28. The molecule has 1 saturated heterocycles. The maximum Gasteiger partial charge on any atom is 0.269 e. The van der Waals surface area contributed by atoms with Crippen LogP contribution in [0.5, 0.6) is 0 Å². The van der Waals surface area contributed by atoms with Gasteiger partial charge in [0, 0.05) is 36.8 Å². The summed E-state index contributed by atoms with van der Waals surface area (Å²) in [5.41, 5.74) is 2.60. The van der Waals surface area contributed by atoms with Gasteiger partial charge in [0.2, 0.25) is 0 Å². The molecule has 0 radical (unpaired) electrons. The van der Waals surface area contributed by atoms with Crippen molar-refractivity contribution in [3.8, 4) is 0 Å². The van der Waals surface area contributed by atoms with Crippen LogP contribution in [0, 0.1) is 10.1 Å². The van der Waals surface area contributed by atoms with Gasteiger partial charge in [-0.05, 0) is 30.5 Å². The zero-order valence-corrected chi connectivity index (χ0v) is 11.8. The number of anilines is 1. The molecule has 0 aromatic heterocycles. The largest absolute Gasteiger partial charge is 0.371 e. The van der Waals surface area contributed by atoms with Crippen LogP contribution in [0.15, 0.2) is 54.6 Å². The quantitative estimate of drug-likeness (QED) is 0.632. The highest BCUT2D eigenvalue weighted by Gasteiger charge is 2.21. The molecule has 2 aromatic rings. The predicted octanol–water partition coefficient (Wildman–Crippen LogP) is 3.98. The number of non-ortho nitro benzene ring substituents is 1. The number of rotatable bonds is 3. The van der Waals surface area contributed by atoms with E-state index in [0.29, 0.717) is 5.92 Å². The minimum absolute atomic E-state index is 0.148. The number of piperidine rings is 1. The zero-order valence-electron chi connectivity index (χ0n) is 11.8. The van der Waals surface area contributed by atoms with E-state index in [1.54, 1.807) is 12.1 Å². The van der Waals surface area contributed by atoms with Crippen LogP contribution < -0.4 is 4.90 Å². The van der Waals surface area contributed by atoms with Crippen LogP contribution in [0.2, 0.25) is 0 Å². The standard InChI is InChI=1S/C17H18N2O2/c20-19(21)17-10-8-16(9-11-17)18-12-4-7-15(13-18)14-5-2-1-3-6-14/h1-3,5-6,8-11,15H,4,7,12-13H2. The minimum Gasteiger partial charge on any atom is -0.371 e. The molecule has 1 fully saturated rings. The van der Waals surface area contributed by atoms with Crippen molar-refractivity contribution < 1.29 is 4.92 Å². The van der Waals surface area contributed by atoms with E-state index in [9.17, 15) is 10.1 Å². The summed E-state index contributed by atoms with van der Waals surface area (Å²) in [5.74, 6) is 0.537. The summed E-state index contributed by atoms with van der Waals surface area (Å²) in [6.45, 7) is 1.99. The van der Waals surface area contributed by atoms with Crippen molar-refractivity contribution in [1.82, 2.24) is 0 Å². The molecule has 108 valence electrons. The molecule has 0 bridgehead atoms. The Morgan fingerprint density at radius 3 is 2.43 bits per heavy atom. The van der Waals surface area contributed by atoms with Crippen molar-refractivity contribution in [3.63, 3.8) is 0 Å². The molecule has 0 saturated carbocycles. The predicted molar refractivity (Wildman–Crippen MR) is 83.7 cm³/mol. The Kier molecular flexibility index (Phi) is 3.86. The molecular weight excluding hydrogens is 264 g/mol. The van der Waals surface area contributed by atoms with Crippen molar-refractivity contribution >= 4 is 11.4 Å². The van der Waals surface area contributed by atoms with E-state index in [2.05, 4.69) is 29.2 Å². The van der Waals surface area contributed by atoms with Gasteiger partial charge >= 0.3 is 0 Å². The van der Waals surface area contributed by atoms with Crippen molar-refractivity contribution in [2.45, 2.75) is 18.8 Å². The monoisotopic (exact) mass is 282 g/mol. The number of nitro benzene ring substituents is 1. The number of hydrogen-bond donors (Lipinski definition) is 0. The molecule has 0 amide bonds. The van der Waals surface area contributed by atoms with Gasteiger partial charge < -0.3 is 4.90 Å². The Labute approximate surface area is 124 Å². The van der Waals surface area contributed by atoms with Gasteiger partial charge in [-0.2, -0.15) is 0 Å². The third-order valence-corrected chi connectivity index (χ3v) is 4.12. The molecule has 1 heterocycles. The summed E-state index contributed by atoms with van der Waals surface area (Å²) in [6.07, 6.45) is 2.35. The van der Waals surface area contributed by atoms with Gasteiger partial charge in [-0.1, -0.05) is 30.3 Å². The van der Waals surface area contributed by atoms with Crippen LogP contribution >= 0.6 is 0 Å². The van der Waals surface area contributed by atoms with Gasteiger partial charge in [-0.3, -0.25) is 10.1 Å². The van der Waals surface area contributed by atoms with Gasteiger partial charge in [-0.15, -0.1) is 0 Å². The first-order chi connectivity index (χ1) is 10.2. The normalized spacial score (nSPS) is 18.5. The lowest BCUT2D eigenvalue weighted by Crippen LogP contribution is -2.34. The molecule has 1 aliphatic rings. The molecule has 4 nitrogen and oxygen atoms in total. The Morgan fingerprint density at radius 2 is 1.76 bits per heavy atom. The highest BCUT2D eigenvalue weighted by Crippen LogP contribution is 2.30. The van der Waals surface area contributed by atoms with Crippen LogP contribution in [-0.4, -0.2) is 18.0 Å². The highest BCUT2D eigenvalue weighted by molar-refractivity contribution is 5.51. The summed E-state index contributed by atoms with van der Waals surface area (Å²) in [7, 11) is 0. The molecule has 0 spiro atoms. The van der Waals surface area contributed by atoms with E-state index in [-0.39, 0.29) is 10.6 Å². The van der Waals surface area contributed by atoms with Gasteiger partial charge in [0.25, 0.3) is 5.69 Å². The Morgan fingerprint density at radius 1 is 1.05 bits per heavy atom. The van der Waals surface area contributed by atoms with E-state index >= 15 is 0 Å². The van der Waals surface area contributed by atoms with E-state index in [1.165, 1.54) is 12.0 Å². The van der Waals surface area contributed by atoms with E-state index < -0.39 is 0 Å². The molecule has 0 aliphatic carbocycles. The second-order valence-electron chi connectivity index (χ2n) is 5.47. The van der Waals surface area contributed by atoms with Crippen LogP contribution in [0.1, 0.15) is 24.3 Å². The molecule has 21 heavy (non-hydrogen) atoms. The molecule has 2 aromatic carbocycles. The number of benzene rings is 2. The van der Waals surface area contributed by atoms with Crippen LogP contribution in [0.25, 0.3) is 0 Å². The molecule has 0 N–H and O–H groups in total. The fourth-order valence-corrected chi connectivity index (χ4v) is 2.99. The molecular formula is C17H18N2O2. The van der Waals surface area contributed by atoms with Crippen molar-refractivity contribution in [3.05, 3.63) is 70.3 Å². The lowest BCUT2D eigenvalue weighted by atomic mass is 9.90. The van der Waals surface area contributed by atoms with Gasteiger partial charge in [-0.25, -0.2) is 0 Å². The summed E-state index contributed by atoms with van der Waals surface area (Å²) >= 11 is 0. The highest BCUT2D eigenvalue weighted by atomic mass is 16.6. The fourth-order valence-electron chi connectivity index (χ4n) is 2.99. The first-order valence-corrected chi connectivity index (χ1v) is 7.28. The van der Waals surface area contributed by atoms with Gasteiger partial charge in [0.1, 0.15) is 0 Å². The lowest BCUT2D eigenvalue weighted by molar-refractivity contribution is -0.384. The topological polar surface area (TPSA) is 46.4 Å². The summed E-state index contributed by atoms with van der Waals surface area (Å²) in [4.78, 5) is 12.7. The molecule has 1 atom stereocenters. The fraction of sp³-hybridized carbons (Fsp3) is 0.294. The van der Waals surface area contributed by atoms with Crippen LogP contribution in [-0.2, 0) is 0 Å². The first kappa shape index (κ1) is 13.6. The van der Waals surface area contributed by atoms with Crippen LogP contribution in [0.4, 0.5) is 11.4 Å². The maximum absolute atomic E-state index is 10.7. The third-order valence-electron chi connectivity index (χ3n) is 4.12. The number of nitro groups is 1.